The summed E-state index contributed by atoms with van der Waals surface area (Å²) in [6.45, 7) is 3.93. The van der Waals surface area contributed by atoms with Gasteiger partial charge in [0.05, 0.1) is 6.61 Å². The molecule has 0 aromatic heterocycles. The Kier molecular flexibility index (Phi) is 7.02. The quantitative estimate of drug-likeness (QED) is 0.338. The number of hydrogen-bond donors (Lipinski definition) is 1. The van der Waals surface area contributed by atoms with Gasteiger partial charge < -0.3 is 19.3 Å². The first-order chi connectivity index (χ1) is 9.41. The van der Waals surface area contributed by atoms with E-state index in [1.807, 2.05) is 0 Å². The first-order valence-electron chi connectivity index (χ1n) is 6.07. The molecule has 0 saturated carbocycles. The van der Waals surface area contributed by atoms with E-state index in [4.69, 9.17) is 23.5 Å². The molecule has 0 aromatic rings. The Bertz CT molecular complexity index is 409. The maximum atomic E-state index is 11.7. The Morgan fingerprint density at radius 1 is 1.24 bits per heavy atom. The van der Waals surface area contributed by atoms with E-state index in [0.717, 1.165) is 6.92 Å². The predicted octanol–water partition coefficient (Wildman–Crippen LogP) is -1.72. The van der Waals surface area contributed by atoms with E-state index in [9.17, 15) is 19.5 Å². The van der Waals surface area contributed by atoms with Crippen LogP contribution >= 0.6 is 0 Å². The van der Waals surface area contributed by atoms with Crippen molar-refractivity contribution in [3.8, 4) is 0 Å². The van der Waals surface area contributed by atoms with Crippen molar-refractivity contribution in [3.05, 3.63) is 0 Å². The highest BCUT2D eigenvalue weighted by Gasteiger charge is 2.40. The molecular weight excluding hydrogens is 277 g/mol. The molecular formula is C11H15B3O7. The van der Waals surface area contributed by atoms with Crippen molar-refractivity contribution in [3.63, 3.8) is 0 Å². The Labute approximate surface area is 126 Å². The molecule has 7 nitrogen and oxygen atoms in total. The van der Waals surface area contributed by atoms with Crippen LogP contribution in [0.25, 0.3) is 0 Å². The molecule has 0 spiro atoms. The molecule has 110 valence electrons. The van der Waals surface area contributed by atoms with Crippen molar-refractivity contribution in [2.75, 3.05) is 6.61 Å². The summed E-state index contributed by atoms with van der Waals surface area (Å²) >= 11 is 0. The molecule has 0 aliphatic carbocycles. The van der Waals surface area contributed by atoms with Crippen LogP contribution < -0.4 is 0 Å². The van der Waals surface area contributed by atoms with Crippen LogP contribution in [0, 0.1) is 0 Å². The number of carbonyl (C=O) groups excluding carboxylic acids is 3. The third kappa shape index (κ3) is 7.22. The number of carbonyl (C=O) groups is 3. The van der Waals surface area contributed by atoms with E-state index in [1.54, 1.807) is 6.92 Å². The largest absolute Gasteiger partial charge is 0.480 e. The zero-order chi connectivity index (χ0) is 16.8. The van der Waals surface area contributed by atoms with Crippen LogP contribution in [0.4, 0.5) is 0 Å². The van der Waals surface area contributed by atoms with Crippen molar-refractivity contribution < 1.29 is 33.7 Å². The van der Waals surface area contributed by atoms with Crippen LogP contribution in [0.1, 0.15) is 27.2 Å². The zero-order valence-electron chi connectivity index (χ0n) is 12.1. The maximum Gasteiger partial charge on any atom is 0.347 e. The molecule has 0 aliphatic heterocycles. The molecule has 21 heavy (non-hydrogen) atoms. The first kappa shape index (κ1) is 19.6. The van der Waals surface area contributed by atoms with Gasteiger partial charge in [0.25, 0.3) is 0 Å². The van der Waals surface area contributed by atoms with Gasteiger partial charge in [-0.2, -0.15) is 0 Å². The van der Waals surface area contributed by atoms with Gasteiger partial charge in [-0.3, -0.25) is 4.79 Å². The van der Waals surface area contributed by atoms with Gasteiger partial charge in [0.15, 0.2) is 6.10 Å². The van der Waals surface area contributed by atoms with Crippen LogP contribution in [0.2, 0.25) is 0 Å². The third-order valence-electron chi connectivity index (χ3n) is 2.14. The molecule has 0 bridgehead atoms. The van der Waals surface area contributed by atoms with Crippen LogP contribution in [-0.4, -0.2) is 70.2 Å². The lowest BCUT2D eigenvalue weighted by Gasteiger charge is -2.33. The minimum absolute atomic E-state index is 0.0920. The van der Waals surface area contributed by atoms with Crippen LogP contribution in [0.15, 0.2) is 0 Å². The topological polar surface area (TPSA) is 99.1 Å². The number of rotatable bonds is 7. The molecule has 1 N–H and O–H groups in total. The van der Waals surface area contributed by atoms with Gasteiger partial charge in [-0.1, -0.05) is 0 Å². The molecule has 0 heterocycles. The van der Waals surface area contributed by atoms with E-state index >= 15 is 0 Å². The van der Waals surface area contributed by atoms with E-state index < -0.39 is 41.3 Å². The Hall–Kier alpha value is -1.44. The summed E-state index contributed by atoms with van der Waals surface area (Å²) in [7, 11) is 16.1. The van der Waals surface area contributed by atoms with Crippen molar-refractivity contribution in [1.29, 1.82) is 0 Å². The Morgan fingerprint density at radius 2 is 1.76 bits per heavy atom. The van der Waals surface area contributed by atoms with Crippen molar-refractivity contribution in [2.45, 2.75) is 44.2 Å². The molecule has 0 rings (SSSR count). The Morgan fingerprint density at radius 3 is 2.19 bits per heavy atom. The fourth-order valence-corrected chi connectivity index (χ4v) is 1.37. The number of hydrogen-bond acceptors (Lipinski definition) is 7. The van der Waals surface area contributed by atoms with Gasteiger partial charge in [0.2, 0.25) is 0 Å². The number of aliphatic hydroxyl groups is 1. The smallest absolute Gasteiger partial charge is 0.347 e. The summed E-state index contributed by atoms with van der Waals surface area (Å²) in [5.74, 6) is -3.01. The second-order valence-electron chi connectivity index (χ2n) is 4.45. The fourth-order valence-electron chi connectivity index (χ4n) is 1.37. The third-order valence-corrected chi connectivity index (χ3v) is 2.14. The summed E-state index contributed by atoms with van der Waals surface area (Å²) in [5.41, 5.74) is -2.65. The summed E-state index contributed by atoms with van der Waals surface area (Å²) in [6.07, 6.45) is -2.13. The molecule has 0 saturated heterocycles. The summed E-state index contributed by atoms with van der Waals surface area (Å²) in [6, 6.07) is 0. The molecule has 0 amide bonds. The standard InChI is InChI=1S/C11H15B3O7/c1-4-19-8(16)6(2)20-9(17)10(12,18)5-11(13,14)21-7(3)15/h6,18H,4-5H2,1-3H3/t6-,10?/m0/s1. The zero-order valence-corrected chi connectivity index (χ0v) is 12.1. The highest BCUT2D eigenvalue weighted by atomic mass is 16.6. The lowest BCUT2D eigenvalue weighted by atomic mass is 9.57. The normalized spacial score (nSPS) is 15.4. The van der Waals surface area contributed by atoms with Crippen LogP contribution in [0.3, 0.4) is 0 Å². The average molecular weight is 292 g/mol. The minimum Gasteiger partial charge on any atom is -0.480 e. The highest BCUT2D eigenvalue weighted by molar-refractivity contribution is 6.40. The second kappa shape index (κ2) is 7.54. The van der Waals surface area contributed by atoms with Crippen molar-refractivity contribution >= 4 is 41.4 Å². The molecule has 2 atom stereocenters. The van der Waals surface area contributed by atoms with Crippen LogP contribution in [0.5, 0.6) is 0 Å². The molecule has 0 aliphatic rings. The second-order valence-corrected chi connectivity index (χ2v) is 4.45. The molecule has 0 fully saturated rings. The maximum absolute atomic E-state index is 11.7. The number of ether oxygens (including phenoxy) is 3. The van der Waals surface area contributed by atoms with Crippen molar-refractivity contribution in [2.24, 2.45) is 0 Å². The first-order valence-corrected chi connectivity index (χ1v) is 6.07. The Balaban J connectivity index is 4.72. The van der Waals surface area contributed by atoms with Crippen LogP contribution in [-0.2, 0) is 28.6 Å². The van der Waals surface area contributed by atoms with E-state index in [-0.39, 0.29) is 6.61 Å². The van der Waals surface area contributed by atoms with Crippen molar-refractivity contribution in [1.82, 2.24) is 0 Å². The van der Waals surface area contributed by atoms with Gasteiger partial charge in [0.1, 0.15) is 29.0 Å². The van der Waals surface area contributed by atoms with E-state index in [1.165, 1.54) is 6.92 Å². The highest BCUT2D eigenvalue weighted by Crippen LogP contribution is 2.19. The number of esters is 3. The van der Waals surface area contributed by atoms with Gasteiger partial charge in [-0.25, -0.2) is 9.59 Å². The monoisotopic (exact) mass is 292 g/mol. The lowest BCUT2D eigenvalue weighted by molar-refractivity contribution is -0.176. The summed E-state index contributed by atoms with van der Waals surface area (Å²) in [5, 5.41) is 7.61. The summed E-state index contributed by atoms with van der Waals surface area (Å²) < 4.78 is 13.7. The van der Waals surface area contributed by atoms with E-state index in [2.05, 4.69) is 14.2 Å². The molecule has 10 heteroatoms. The minimum atomic E-state index is -2.65. The molecule has 6 radical (unpaired) electrons. The predicted molar refractivity (Wildman–Crippen MR) is 73.5 cm³/mol. The van der Waals surface area contributed by atoms with Gasteiger partial charge in [-0.05, 0) is 20.3 Å². The average Bonchev–Trinajstić information content (AvgIpc) is 2.25. The SMILES string of the molecule is [B]C([B])(CC([B])(O)C(=O)O[C@@H](C)C(=O)OCC)OC(C)=O. The molecule has 1 unspecified atom stereocenters. The van der Waals surface area contributed by atoms with Gasteiger partial charge in [-0.15, -0.1) is 0 Å². The van der Waals surface area contributed by atoms with E-state index in [0.29, 0.717) is 0 Å². The molecule has 0 aromatic carbocycles. The summed E-state index contributed by atoms with van der Waals surface area (Å²) in [4.78, 5) is 33.8. The lowest BCUT2D eigenvalue weighted by Crippen LogP contribution is -2.51. The van der Waals surface area contributed by atoms with Gasteiger partial charge >= 0.3 is 17.9 Å². The fraction of sp³-hybridized carbons (Fsp3) is 0.727. The van der Waals surface area contributed by atoms with Gasteiger partial charge in [0, 0.05) is 12.3 Å².